The fourth-order valence-corrected chi connectivity index (χ4v) is 2.66. The van der Waals surface area contributed by atoms with Crippen LogP contribution in [0.1, 0.15) is 19.3 Å². The zero-order valence-corrected chi connectivity index (χ0v) is 10.2. The molecule has 5 heteroatoms. The number of amides is 1. The Bertz CT molecular complexity index is 254. The van der Waals surface area contributed by atoms with Crippen molar-refractivity contribution in [3.05, 3.63) is 0 Å². The maximum Gasteiger partial charge on any atom is 0.223 e. The predicted molar refractivity (Wildman–Crippen MR) is 63.5 cm³/mol. The molecule has 1 aliphatic heterocycles. The molecule has 0 aromatic rings. The first-order valence-electron chi connectivity index (χ1n) is 6.48. The van der Waals surface area contributed by atoms with Gasteiger partial charge in [0.25, 0.3) is 0 Å². The Labute approximate surface area is 102 Å². The second kappa shape index (κ2) is 6.33. The Morgan fingerprint density at radius 2 is 2.24 bits per heavy atom. The average Bonchev–Trinajstić information content (AvgIpc) is 2.85. The van der Waals surface area contributed by atoms with Crippen molar-refractivity contribution in [2.24, 2.45) is 17.6 Å². The molecule has 2 fully saturated rings. The normalized spacial score (nSPS) is 33.6. The lowest BCUT2D eigenvalue weighted by Crippen LogP contribution is -2.43. The number of nitrogens with one attached hydrogen (secondary N) is 1. The largest absolute Gasteiger partial charge is 0.376 e. The summed E-state index contributed by atoms with van der Waals surface area (Å²) in [7, 11) is 0. The highest BCUT2D eigenvalue weighted by atomic mass is 16.6. The molecule has 0 bridgehead atoms. The third-order valence-corrected chi connectivity index (χ3v) is 3.69. The highest BCUT2D eigenvalue weighted by Gasteiger charge is 2.32. The van der Waals surface area contributed by atoms with Crippen molar-refractivity contribution in [2.45, 2.75) is 25.4 Å². The van der Waals surface area contributed by atoms with Crippen LogP contribution >= 0.6 is 0 Å². The summed E-state index contributed by atoms with van der Waals surface area (Å²) in [6, 6.07) is 0. The van der Waals surface area contributed by atoms with Gasteiger partial charge in [0.2, 0.25) is 5.91 Å². The van der Waals surface area contributed by atoms with Crippen LogP contribution in [0.2, 0.25) is 0 Å². The van der Waals surface area contributed by atoms with Crippen LogP contribution in [-0.4, -0.2) is 44.9 Å². The summed E-state index contributed by atoms with van der Waals surface area (Å²) in [5, 5.41) is 2.96. The van der Waals surface area contributed by atoms with Gasteiger partial charge < -0.3 is 20.5 Å². The standard InChI is InChI=1S/C12H22N2O3/c13-6-9-2-1-3-11(9)12(15)14-7-10-8-16-4-5-17-10/h9-11H,1-8,13H2,(H,14,15)/t9-,10?,11-/m1/s1. The summed E-state index contributed by atoms with van der Waals surface area (Å²) < 4.78 is 10.8. The monoisotopic (exact) mass is 242 g/mol. The third-order valence-electron chi connectivity index (χ3n) is 3.69. The van der Waals surface area contributed by atoms with Crippen molar-refractivity contribution < 1.29 is 14.3 Å². The summed E-state index contributed by atoms with van der Waals surface area (Å²) in [5.74, 6) is 0.593. The van der Waals surface area contributed by atoms with Gasteiger partial charge in [-0.2, -0.15) is 0 Å². The molecule has 0 aromatic heterocycles. The molecule has 5 nitrogen and oxygen atoms in total. The van der Waals surface area contributed by atoms with E-state index in [4.69, 9.17) is 15.2 Å². The first kappa shape index (κ1) is 12.8. The molecule has 1 unspecified atom stereocenters. The molecule has 1 aliphatic carbocycles. The Morgan fingerprint density at radius 3 is 2.94 bits per heavy atom. The van der Waals surface area contributed by atoms with Crippen molar-refractivity contribution in [3.8, 4) is 0 Å². The molecule has 1 heterocycles. The van der Waals surface area contributed by atoms with Crippen molar-refractivity contribution in [1.82, 2.24) is 5.32 Å². The van der Waals surface area contributed by atoms with Crippen LogP contribution in [0, 0.1) is 11.8 Å². The minimum absolute atomic E-state index is 0.00503. The van der Waals surface area contributed by atoms with E-state index in [0.29, 0.717) is 38.8 Å². The summed E-state index contributed by atoms with van der Waals surface area (Å²) in [6.07, 6.45) is 3.17. The Hall–Kier alpha value is -0.650. The molecule has 1 amide bonds. The third kappa shape index (κ3) is 3.40. The highest BCUT2D eigenvalue weighted by Crippen LogP contribution is 2.30. The van der Waals surface area contributed by atoms with E-state index in [9.17, 15) is 4.79 Å². The van der Waals surface area contributed by atoms with E-state index in [1.165, 1.54) is 0 Å². The van der Waals surface area contributed by atoms with E-state index in [-0.39, 0.29) is 17.9 Å². The molecule has 0 spiro atoms. The first-order chi connectivity index (χ1) is 8.31. The van der Waals surface area contributed by atoms with Crippen LogP contribution in [0.25, 0.3) is 0 Å². The van der Waals surface area contributed by atoms with E-state index in [1.807, 2.05) is 0 Å². The van der Waals surface area contributed by atoms with Crippen LogP contribution in [0.3, 0.4) is 0 Å². The maximum atomic E-state index is 12.0. The van der Waals surface area contributed by atoms with Crippen molar-refractivity contribution in [2.75, 3.05) is 32.9 Å². The van der Waals surface area contributed by atoms with Gasteiger partial charge in [-0.1, -0.05) is 6.42 Å². The van der Waals surface area contributed by atoms with Crippen molar-refractivity contribution in [1.29, 1.82) is 0 Å². The molecule has 3 atom stereocenters. The van der Waals surface area contributed by atoms with Gasteiger partial charge in [0.1, 0.15) is 0 Å². The molecular formula is C12H22N2O3. The quantitative estimate of drug-likeness (QED) is 0.721. The fourth-order valence-electron chi connectivity index (χ4n) is 2.66. The Morgan fingerprint density at radius 1 is 1.35 bits per heavy atom. The zero-order chi connectivity index (χ0) is 12.1. The summed E-state index contributed by atoms with van der Waals surface area (Å²) in [5.41, 5.74) is 5.68. The number of carbonyl (C=O) groups is 1. The average molecular weight is 242 g/mol. The van der Waals surface area contributed by atoms with E-state index in [1.54, 1.807) is 0 Å². The van der Waals surface area contributed by atoms with E-state index >= 15 is 0 Å². The Kier molecular flexibility index (Phi) is 4.76. The van der Waals surface area contributed by atoms with Crippen LogP contribution in [0.5, 0.6) is 0 Å². The first-order valence-corrected chi connectivity index (χ1v) is 6.48. The highest BCUT2D eigenvalue weighted by molar-refractivity contribution is 5.79. The molecule has 17 heavy (non-hydrogen) atoms. The van der Waals surface area contributed by atoms with Gasteiger partial charge in [-0.15, -0.1) is 0 Å². The fraction of sp³-hybridized carbons (Fsp3) is 0.917. The molecule has 2 rings (SSSR count). The SMILES string of the molecule is NC[C@H]1CCC[C@H]1C(=O)NCC1COCCO1. The zero-order valence-electron chi connectivity index (χ0n) is 10.2. The van der Waals surface area contributed by atoms with Gasteiger partial charge in [-0.3, -0.25) is 4.79 Å². The number of nitrogens with two attached hydrogens (primary N) is 1. The van der Waals surface area contributed by atoms with Gasteiger partial charge in [-0.25, -0.2) is 0 Å². The topological polar surface area (TPSA) is 73.6 Å². The lowest BCUT2D eigenvalue weighted by atomic mass is 9.95. The molecule has 1 saturated heterocycles. The van der Waals surface area contributed by atoms with Gasteiger partial charge in [-0.05, 0) is 25.3 Å². The summed E-state index contributed by atoms with van der Waals surface area (Å²) in [4.78, 5) is 12.0. The minimum atomic E-state index is 0.00503. The smallest absolute Gasteiger partial charge is 0.223 e. The van der Waals surface area contributed by atoms with E-state index in [0.717, 1.165) is 19.3 Å². The van der Waals surface area contributed by atoms with Crippen LogP contribution in [0.15, 0.2) is 0 Å². The van der Waals surface area contributed by atoms with Gasteiger partial charge in [0.15, 0.2) is 0 Å². The predicted octanol–water partition coefficient (Wildman–Crippen LogP) is -0.107. The second-order valence-electron chi connectivity index (χ2n) is 4.85. The van der Waals surface area contributed by atoms with Crippen LogP contribution < -0.4 is 11.1 Å². The molecule has 0 aromatic carbocycles. The number of hydrogen-bond donors (Lipinski definition) is 2. The van der Waals surface area contributed by atoms with E-state index in [2.05, 4.69) is 5.32 Å². The molecule has 1 saturated carbocycles. The molecule has 98 valence electrons. The lowest BCUT2D eigenvalue weighted by Gasteiger charge is -2.24. The lowest BCUT2D eigenvalue weighted by molar-refractivity contribution is -0.128. The van der Waals surface area contributed by atoms with Crippen LogP contribution in [0.4, 0.5) is 0 Å². The summed E-state index contributed by atoms with van der Waals surface area (Å²) in [6.45, 7) is 3.01. The maximum absolute atomic E-state index is 12.0. The Balaban J connectivity index is 1.72. The molecule has 0 radical (unpaired) electrons. The molecule has 2 aliphatic rings. The molecule has 3 N–H and O–H groups in total. The van der Waals surface area contributed by atoms with Crippen molar-refractivity contribution in [3.63, 3.8) is 0 Å². The number of rotatable bonds is 4. The second-order valence-corrected chi connectivity index (χ2v) is 4.85. The number of carbonyl (C=O) groups excluding carboxylic acids is 1. The van der Waals surface area contributed by atoms with E-state index < -0.39 is 0 Å². The van der Waals surface area contributed by atoms with Gasteiger partial charge in [0.05, 0.1) is 25.9 Å². The van der Waals surface area contributed by atoms with Gasteiger partial charge >= 0.3 is 0 Å². The summed E-state index contributed by atoms with van der Waals surface area (Å²) >= 11 is 0. The number of hydrogen-bond acceptors (Lipinski definition) is 4. The van der Waals surface area contributed by atoms with Crippen LogP contribution in [-0.2, 0) is 14.3 Å². The minimum Gasteiger partial charge on any atom is -0.376 e. The van der Waals surface area contributed by atoms with Gasteiger partial charge in [0, 0.05) is 12.5 Å². The van der Waals surface area contributed by atoms with Crippen molar-refractivity contribution >= 4 is 5.91 Å². The number of ether oxygens (including phenoxy) is 2. The molecular weight excluding hydrogens is 220 g/mol.